The minimum absolute atomic E-state index is 0.261. The molecule has 1 rings (SSSR count). The molecule has 7 heteroatoms. The predicted molar refractivity (Wildman–Crippen MR) is 44.7 cm³/mol. The first kappa shape index (κ1) is 9.50. The number of aliphatic hydroxyl groups excluding tert-OH is 1. The second-order valence-electron chi connectivity index (χ2n) is 2.34. The molecular formula is C6H10N6O. The summed E-state index contributed by atoms with van der Waals surface area (Å²) in [7, 11) is 0. The fourth-order valence-electron chi connectivity index (χ4n) is 1.01. The van der Waals surface area contributed by atoms with E-state index in [1.165, 1.54) is 6.33 Å². The smallest absolute Gasteiger partial charge is 0.138 e. The van der Waals surface area contributed by atoms with Gasteiger partial charge in [-0.15, -0.1) is 0 Å². The Hall–Kier alpha value is -1.59. The van der Waals surface area contributed by atoms with E-state index >= 15 is 0 Å². The van der Waals surface area contributed by atoms with Gasteiger partial charge in [0, 0.05) is 11.5 Å². The molecule has 1 aromatic heterocycles. The van der Waals surface area contributed by atoms with Crippen LogP contribution >= 0.6 is 0 Å². The van der Waals surface area contributed by atoms with Gasteiger partial charge in [0.2, 0.25) is 0 Å². The third-order valence-corrected chi connectivity index (χ3v) is 1.61. The number of aromatic nitrogens is 3. The lowest BCUT2D eigenvalue weighted by atomic mass is 10.3. The van der Waals surface area contributed by atoms with Crippen LogP contribution in [0.25, 0.3) is 10.4 Å². The largest absolute Gasteiger partial charge is 0.395 e. The van der Waals surface area contributed by atoms with Gasteiger partial charge in [-0.2, -0.15) is 5.10 Å². The van der Waals surface area contributed by atoms with Crippen LogP contribution < -0.4 is 0 Å². The first-order chi connectivity index (χ1) is 6.33. The molecule has 0 spiro atoms. The molecule has 0 aromatic carbocycles. The quantitative estimate of drug-likeness (QED) is 0.420. The molecule has 0 amide bonds. The lowest BCUT2D eigenvalue weighted by molar-refractivity contribution is 0.259. The van der Waals surface area contributed by atoms with Crippen LogP contribution in [0.1, 0.15) is 18.8 Å². The summed E-state index contributed by atoms with van der Waals surface area (Å²) in [6.07, 6.45) is 1.37. The Labute approximate surface area is 74.6 Å². The average molecular weight is 182 g/mol. The Balaban J connectivity index is 2.96. The van der Waals surface area contributed by atoms with Crippen LogP contribution in [0, 0.1) is 0 Å². The van der Waals surface area contributed by atoms with Crippen molar-refractivity contribution in [3.63, 3.8) is 0 Å². The molecule has 0 saturated carbocycles. The van der Waals surface area contributed by atoms with Gasteiger partial charge in [-0.25, -0.2) is 9.67 Å². The van der Waals surface area contributed by atoms with Gasteiger partial charge >= 0.3 is 0 Å². The lowest BCUT2D eigenvalue weighted by Gasteiger charge is -2.07. The molecule has 1 N–H and O–H groups in total. The Morgan fingerprint density at radius 2 is 2.62 bits per heavy atom. The number of hydrogen-bond acceptors (Lipinski definition) is 4. The van der Waals surface area contributed by atoms with Gasteiger partial charge in [-0.05, 0) is 12.5 Å². The van der Waals surface area contributed by atoms with Gasteiger partial charge in [0.25, 0.3) is 0 Å². The molecule has 7 nitrogen and oxygen atoms in total. The lowest BCUT2D eigenvalue weighted by Crippen LogP contribution is -2.10. The predicted octanol–water partition coefficient (Wildman–Crippen LogP) is 0.642. The number of azide groups is 1. The van der Waals surface area contributed by atoms with Crippen LogP contribution in [0.4, 0.5) is 0 Å². The molecule has 1 heterocycles. The van der Waals surface area contributed by atoms with E-state index in [2.05, 4.69) is 20.1 Å². The van der Waals surface area contributed by atoms with Crippen molar-refractivity contribution >= 4 is 0 Å². The molecular weight excluding hydrogens is 172 g/mol. The Morgan fingerprint density at radius 1 is 1.85 bits per heavy atom. The van der Waals surface area contributed by atoms with E-state index < -0.39 is 6.04 Å². The summed E-state index contributed by atoms with van der Waals surface area (Å²) in [4.78, 5) is 6.53. The maximum absolute atomic E-state index is 8.90. The highest BCUT2D eigenvalue weighted by Gasteiger charge is 2.14. The highest BCUT2D eigenvalue weighted by molar-refractivity contribution is 4.94. The highest BCUT2D eigenvalue weighted by atomic mass is 16.3. The molecule has 0 radical (unpaired) electrons. The maximum atomic E-state index is 8.90. The Morgan fingerprint density at radius 3 is 3.15 bits per heavy atom. The first-order valence-electron chi connectivity index (χ1n) is 3.86. The third-order valence-electron chi connectivity index (χ3n) is 1.61. The molecule has 13 heavy (non-hydrogen) atoms. The zero-order valence-electron chi connectivity index (χ0n) is 7.20. The summed E-state index contributed by atoms with van der Waals surface area (Å²) < 4.78 is 1.58. The van der Waals surface area contributed by atoms with Gasteiger partial charge in [-0.1, -0.05) is 5.11 Å². The van der Waals surface area contributed by atoms with E-state index in [1.807, 2.05) is 6.92 Å². The fraction of sp³-hybridized carbons (Fsp3) is 0.667. The van der Waals surface area contributed by atoms with Crippen LogP contribution in [0.3, 0.4) is 0 Å². The molecule has 0 aliphatic carbocycles. The van der Waals surface area contributed by atoms with Crippen LogP contribution in [-0.4, -0.2) is 26.5 Å². The average Bonchev–Trinajstić information content (AvgIpc) is 2.61. The minimum atomic E-state index is -0.646. The van der Waals surface area contributed by atoms with Crippen molar-refractivity contribution in [1.82, 2.24) is 14.8 Å². The van der Waals surface area contributed by atoms with E-state index in [-0.39, 0.29) is 6.61 Å². The summed E-state index contributed by atoms with van der Waals surface area (Å²) in [5.41, 5.74) is 8.22. The first-order valence-corrected chi connectivity index (χ1v) is 3.86. The zero-order chi connectivity index (χ0) is 9.68. The summed E-state index contributed by atoms with van der Waals surface area (Å²) >= 11 is 0. The number of aryl methyl sites for hydroxylation is 1. The fourth-order valence-corrected chi connectivity index (χ4v) is 1.01. The van der Waals surface area contributed by atoms with Crippen molar-refractivity contribution in [3.8, 4) is 0 Å². The number of aliphatic hydroxyl groups is 1. The summed E-state index contributed by atoms with van der Waals surface area (Å²) in [5.74, 6) is 0.489. The van der Waals surface area contributed by atoms with E-state index in [0.29, 0.717) is 12.4 Å². The van der Waals surface area contributed by atoms with Crippen molar-refractivity contribution in [2.45, 2.75) is 19.5 Å². The van der Waals surface area contributed by atoms with Crippen molar-refractivity contribution in [3.05, 3.63) is 22.6 Å². The summed E-state index contributed by atoms with van der Waals surface area (Å²) in [6, 6.07) is -0.646. The van der Waals surface area contributed by atoms with Crippen LogP contribution in [0.15, 0.2) is 11.4 Å². The van der Waals surface area contributed by atoms with Gasteiger partial charge in [0.1, 0.15) is 18.2 Å². The Kier molecular flexibility index (Phi) is 3.24. The van der Waals surface area contributed by atoms with Crippen molar-refractivity contribution < 1.29 is 5.11 Å². The normalized spacial score (nSPS) is 12.2. The monoisotopic (exact) mass is 182 g/mol. The minimum Gasteiger partial charge on any atom is -0.395 e. The second kappa shape index (κ2) is 4.44. The molecule has 70 valence electrons. The standard InChI is InChI=1S/C6H10N6O/c1-2-12-6(8-4-9-12)5(3-13)10-11-7/h4-5,13H,2-3H2,1H3. The van der Waals surface area contributed by atoms with Gasteiger partial charge in [-0.3, -0.25) is 0 Å². The molecule has 1 atom stereocenters. The number of rotatable bonds is 4. The summed E-state index contributed by atoms with van der Waals surface area (Å²) in [5, 5.41) is 16.2. The maximum Gasteiger partial charge on any atom is 0.138 e. The molecule has 1 unspecified atom stereocenters. The van der Waals surface area contributed by atoms with Crippen LogP contribution in [0.5, 0.6) is 0 Å². The summed E-state index contributed by atoms with van der Waals surface area (Å²) in [6.45, 7) is 2.26. The Bertz CT molecular complexity index is 315. The SMILES string of the molecule is CCn1ncnc1C(CO)N=[N+]=[N-]. The number of hydrogen-bond donors (Lipinski definition) is 1. The zero-order valence-corrected chi connectivity index (χ0v) is 7.20. The molecule has 1 aromatic rings. The van der Waals surface area contributed by atoms with E-state index in [9.17, 15) is 0 Å². The molecule has 0 aliphatic rings. The van der Waals surface area contributed by atoms with Crippen molar-refractivity contribution in [2.75, 3.05) is 6.61 Å². The molecule has 0 saturated heterocycles. The van der Waals surface area contributed by atoms with E-state index in [0.717, 1.165) is 0 Å². The molecule has 0 aliphatic heterocycles. The number of nitrogens with zero attached hydrogens (tertiary/aromatic N) is 6. The van der Waals surface area contributed by atoms with Gasteiger partial charge in [0.15, 0.2) is 0 Å². The van der Waals surface area contributed by atoms with E-state index in [1.54, 1.807) is 4.68 Å². The second-order valence-corrected chi connectivity index (χ2v) is 2.34. The van der Waals surface area contributed by atoms with Crippen LogP contribution in [0.2, 0.25) is 0 Å². The van der Waals surface area contributed by atoms with Crippen molar-refractivity contribution in [1.29, 1.82) is 0 Å². The van der Waals surface area contributed by atoms with Gasteiger partial charge in [0.05, 0.1) is 6.61 Å². The van der Waals surface area contributed by atoms with Gasteiger partial charge < -0.3 is 5.11 Å². The topological polar surface area (TPSA) is 99.7 Å². The highest BCUT2D eigenvalue weighted by Crippen LogP contribution is 2.13. The molecule has 0 fully saturated rings. The van der Waals surface area contributed by atoms with E-state index in [4.69, 9.17) is 10.6 Å². The van der Waals surface area contributed by atoms with Crippen molar-refractivity contribution in [2.24, 2.45) is 5.11 Å². The molecule has 0 bridgehead atoms. The third kappa shape index (κ3) is 1.95. The van der Waals surface area contributed by atoms with Crippen LogP contribution in [-0.2, 0) is 6.54 Å².